The Balaban J connectivity index is 1.84. The molecule has 27 heavy (non-hydrogen) atoms. The lowest BCUT2D eigenvalue weighted by Crippen LogP contribution is -2.29. The number of ether oxygens (including phenoxy) is 1. The number of nitrogens with one attached hydrogen (secondary N) is 1. The minimum absolute atomic E-state index is 0.263. The zero-order valence-electron chi connectivity index (χ0n) is 14.3. The van der Waals surface area contributed by atoms with E-state index in [9.17, 15) is 9.59 Å². The number of anilines is 1. The van der Waals surface area contributed by atoms with Crippen molar-refractivity contribution in [2.24, 2.45) is 0 Å². The summed E-state index contributed by atoms with van der Waals surface area (Å²) in [6.07, 6.45) is 0. The largest absolute Gasteiger partial charge is 0.496 e. The number of amides is 1. The lowest BCUT2D eigenvalue weighted by molar-refractivity contribution is -0.117. The highest BCUT2D eigenvalue weighted by Crippen LogP contribution is 2.27. The van der Waals surface area contributed by atoms with Crippen LogP contribution in [0.5, 0.6) is 5.75 Å². The quantitative estimate of drug-likeness (QED) is 0.701. The fourth-order valence-electron chi connectivity index (χ4n) is 2.48. The number of methoxy groups -OCH3 is 1. The zero-order chi connectivity index (χ0) is 19.4. The topological polar surface area (TPSA) is 73.2 Å². The van der Waals surface area contributed by atoms with Gasteiger partial charge in [-0.25, -0.2) is 4.68 Å². The predicted octanol–water partition coefficient (Wildman–Crippen LogP) is 3.86. The van der Waals surface area contributed by atoms with Crippen molar-refractivity contribution in [2.45, 2.75) is 6.54 Å². The molecular formula is C19H15Cl2N3O3. The van der Waals surface area contributed by atoms with Gasteiger partial charge in [0.15, 0.2) is 0 Å². The van der Waals surface area contributed by atoms with Gasteiger partial charge in [-0.15, -0.1) is 0 Å². The summed E-state index contributed by atoms with van der Waals surface area (Å²) in [6.45, 7) is -0.263. The van der Waals surface area contributed by atoms with Crippen LogP contribution in [0.2, 0.25) is 10.0 Å². The normalized spacial score (nSPS) is 10.5. The summed E-state index contributed by atoms with van der Waals surface area (Å²) in [4.78, 5) is 24.4. The smallest absolute Gasteiger partial charge is 0.267 e. The molecule has 0 spiro atoms. The molecule has 3 aromatic rings. The van der Waals surface area contributed by atoms with Gasteiger partial charge in [0.05, 0.1) is 23.5 Å². The number of carbonyl (C=O) groups excluding carboxylic acids is 1. The van der Waals surface area contributed by atoms with E-state index in [2.05, 4.69) is 10.4 Å². The first-order valence-electron chi connectivity index (χ1n) is 7.94. The minimum Gasteiger partial charge on any atom is -0.496 e. The maximum Gasteiger partial charge on any atom is 0.267 e. The number of carbonyl (C=O) groups is 1. The molecule has 1 amide bonds. The van der Waals surface area contributed by atoms with E-state index in [1.807, 2.05) is 18.2 Å². The Hall–Kier alpha value is -2.83. The first kappa shape index (κ1) is 18.9. The number of aromatic nitrogens is 2. The second-order valence-electron chi connectivity index (χ2n) is 5.59. The Morgan fingerprint density at radius 1 is 1.15 bits per heavy atom. The molecule has 138 valence electrons. The molecule has 0 radical (unpaired) electrons. The number of benzene rings is 2. The van der Waals surface area contributed by atoms with Crippen molar-refractivity contribution in [1.82, 2.24) is 9.78 Å². The molecule has 0 unspecified atom stereocenters. The summed E-state index contributed by atoms with van der Waals surface area (Å²) in [7, 11) is 1.55. The van der Waals surface area contributed by atoms with Gasteiger partial charge >= 0.3 is 0 Å². The van der Waals surface area contributed by atoms with Crippen LogP contribution >= 0.6 is 23.2 Å². The van der Waals surface area contributed by atoms with Crippen LogP contribution in [0.1, 0.15) is 0 Å². The van der Waals surface area contributed by atoms with Gasteiger partial charge < -0.3 is 10.1 Å². The van der Waals surface area contributed by atoms with Gasteiger partial charge in [-0.2, -0.15) is 5.10 Å². The number of nitrogens with zero attached hydrogens (tertiary/aromatic N) is 2. The van der Waals surface area contributed by atoms with Crippen LogP contribution in [0.3, 0.4) is 0 Å². The SMILES string of the molecule is COc1ccccc1-c1ccc(=O)n(CC(=O)Nc2ccc(Cl)cc2Cl)n1. The third-order valence-corrected chi connectivity index (χ3v) is 4.30. The second kappa shape index (κ2) is 8.24. The van der Waals surface area contributed by atoms with Gasteiger partial charge in [-0.05, 0) is 36.4 Å². The maximum absolute atomic E-state index is 12.3. The van der Waals surface area contributed by atoms with Crippen molar-refractivity contribution < 1.29 is 9.53 Å². The molecule has 0 fully saturated rings. The number of para-hydroxylation sites is 1. The third-order valence-electron chi connectivity index (χ3n) is 3.75. The molecule has 0 saturated carbocycles. The van der Waals surface area contributed by atoms with Crippen LogP contribution in [0.4, 0.5) is 5.69 Å². The van der Waals surface area contributed by atoms with Gasteiger partial charge in [0.2, 0.25) is 5.91 Å². The molecule has 8 heteroatoms. The summed E-state index contributed by atoms with van der Waals surface area (Å²) >= 11 is 11.9. The van der Waals surface area contributed by atoms with E-state index in [1.165, 1.54) is 12.1 Å². The molecule has 1 N–H and O–H groups in total. The number of hydrogen-bond donors (Lipinski definition) is 1. The Morgan fingerprint density at radius 2 is 1.93 bits per heavy atom. The number of halogens is 2. The fourth-order valence-corrected chi connectivity index (χ4v) is 2.93. The Bertz CT molecular complexity index is 1050. The maximum atomic E-state index is 12.3. The van der Waals surface area contributed by atoms with Crippen LogP contribution in [0.25, 0.3) is 11.3 Å². The second-order valence-corrected chi connectivity index (χ2v) is 6.43. The Labute approximate surface area is 165 Å². The average molecular weight is 404 g/mol. The van der Waals surface area contributed by atoms with Gasteiger partial charge in [0.1, 0.15) is 12.3 Å². The van der Waals surface area contributed by atoms with Crippen LogP contribution < -0.4 is 15.6 Å². The molecular weight excluding hydrogens is 389 g/mol. The summed E-state index contributed by atoms with van der Waals surface area (Å²) in [6, 6.07) is 14.9. The monoisotopic (exact) mass is 403 g/mol. The van der Waals surface area contributed by atoms with Crippen molar-refractivity contribution >= 4 is 34.8 Å². The van der Waals surface area contributed by atoms with E-state index in [0.29, 0.717) is 27.2 Å². The minimum atomic E-state index is -0.439. The molecule has 0 bridgehead atoms. The standard InChI is InChI=1S/C19H15Cl2N3O3/c1-27-17-5-3-2-4-13(17)15-8-9-19(26)24(23-15)11-18(25)22-16-7-6-12(20)10-14(16)21/h2-10H,11H2,1H3,(H,22,25). The van der Waals surface area contributed by atoms with E-state index in [4.69, 9.17) is 27.9 Å². The summed E-state index contributed by atoms with van der Waals surface area (Å²) in [5.41, 5.74) is 1.24. The molecule has 1 aromatic heterocycles. The Morgan fingerprint density at radius 3 is 2.67 bits per heavy atom. The van der Waals surface area contributed by atoms with Crippen LogP contribution in [0.15, 0.2) is 59.4 Å². The Kier molecular flexibility index (Phi) is 5.78. The third kappa shape index (κ3) is 4.48. The molecule has 0 aliphatic carbocycles. The van der Waals surface area contributed by atoms with E-state index in [1.54, 1.807) is 31.4 Å². The average Bonchev–Trinajstić information content (AvgIpc) is 2.66. The fraction of sp³-hybridized carbons (Fsp3) is 0.105. The van der Waals surface area contributed by atoms with Gasteiger partial charge in [0, 0.05) is 16.7 Å². The van der Waals surface area contributed by atoms with Crippen LogP contribution in [-0.2, 0) is 11.3 Å². The summed E-state index contributed by atoms with van der Waals surface area (Å²) < 4.78 is 6.40. The van der Waals surface area contributed by atoms with Crippen molar-refractivity contribution in [3.05, 3.63) is 75.0 Å². The first-order valence-corrected chi connectivity index (χ1v) is 8.70. The predicted molar refractivity (Wildman–Crippen MR) is 106 cm³/mol. The summed E-state index contributed by atoms with van der Waals surface area (Å²) in [5.74, 6) is 0.179. The molecule has 1 heterocycles. The molecule has 0 atom stereocenters. The molecule has 2 aromatic carbocycles. The molecule has 0 aliphatic rings. The van der Waals surface area contributed by atoms with Crippen molar-refractivity contribution in [3.8, 4) is 17.0 Å². The van der Waals surface area contributed by atoms with Crippen molar-refractivity contribution in [2.75, 3.05) is 12.4 Å². The first-order chi connectivity index (χ1) is 13.0. The highest BCUT2D eigenvalue weighted by molar-refractivity contribution is 6.36. The molecule has 3 rings (SSSR count). The number of hydrogen-bond acceptors (Lipinski definition) is 4. The van der Waals surface area contributed by atoms with Crippen LogP contribution in [-0.4, -0.2) is 22.8 Å². The van der Waals surface area contributed by atoms with Gasteiger partial charge in [-0.3, -0.25) is 9.59 Å². The molecule has 6 nitrogen and oxygen atoms in total. The molecule has 0 saturated heterocycles. The van der Waals surface area contributed by atoms with Crippen molar-refractivity contribution in [3.63, 3.8) is 0 Å². The molecule has 0 aliphatic heterocycles. The van der Waals surface area contributed by atoms with E-state index in [-0.39, 0.29) is 6.54 Å². The lowest BCUT2D eigenvalue weighted by atomic mass is 10.1. The van der Waals surface area contributed by atoms with Crippen LogP contribution in [0, 0.1) is 0 Å². The highest BCUT2D eigenvalue weighted by Gasteiger charge is 2.12. The van der Waals surface area contributed by atoms with Crippen molar-refractivity contribution in [1.29, 1.82) is 0 Å². The lowest BCUT2D eigenvalue weighted by Gasteiger charge is -2.11. The number of rotatable bonds is 5. The van der Waals surface area contributed by atoms with Gasteiger partial charge in [0.25, 0.3) is 5.56 Å². The highest BCUT2D eigenvalue weighted by atomic mass is 35.5. The van der Waals surface area contributed by atoms with E-state index < -0.39 is 11.5 Å². The zero-order valence-corrected chi connectivity index (χ0v) is 15.8. The van der Waals surface area contributed by atoms with E-state index >= 15 is 0 Å². The van der Waals surface area contributed by atoms with Gasteiger partial charge in [-0.1, -0.05) is 35.3 Å². The summed E-state index contributed by atoms with van der Waals surface area (Å²) in [5, 5.41) is 7.68. The van der Waals surface area contributed by atoms with E-state index in [0.717, 1.165) is 10.2 Å².